The molecule has 3 nitrogen and oxygen atoms in total. The summed E-state index contributed by atoms with van der Waals surface area (Å²) in [6, 6.07) is 0.711. The molecule has 0 atom stereocenters. The predicted molar refractivity (Wildman–Crippen MR) is 81.9 cm³/mol. The number of nitrogens with two attached hydrogens (primary N) is 1. The molecule has 0 unspecified atom stereocenters. The smallest absolute Gasteiger partial charge is 0.186 e. The molecule has 2 saturated carbocycles. The van der Waals surface area contributed by atoms with E-state index in [-0.39, 0.29) is 0 Å². The van der Waals surface area contributed by atoms with Gasteiger partial charge in [0.1, 0.15) is 0 Å². The molecule has 2 aliphatic rings. The van der Waals surface area contributed by atoms with Crippen LogP contribution < -0.4 is 10.6 Å². The average molecular weight is 279 g/mol. The number of aromatic nitrogens is 1. The normalized spacial score (nSPS) is 20.7. The summed E-state index contributed by atoms with van der Waals surface area (Å²) in [7, 11) is 0. The van der Waals surface area contributed by atoms with Crippen molar-refractivity contribution in [2.24, 2.45) is 5.73 Å². The lowest BCUT2D eigenvalue weighted by molar-refractivity contribution is 0.418. The van der Waals surface area contributed by atoms with Crippen molar-refractivity contribution in [3.05, 3.63) is 10.6 Å². The number of thiazole rings is 1. The van der Waals surface area contributed by atoms with Crippen LogP contribution in [0.4, 0.5) is 5.13 Å². The zero-order valence-corrected chi connectivity index (χ0v) is 12.7. The molecule has 0 amide bonds. The van der Waals surface area contributed by atoms with Crippen LogP contribution in [0.3, 0.4) is 0 Å². The first-order valence-electron chi connectivity index (χ1n) is 7.79. The van der Waals surface area contributed by atoms with Gasteiger partial charge < -0.3 is 10.6 Å². The van der Waals surface area contributed by atoms with Gasteiger partial charge >= 0.3 is 0 Å². The highest BCUT2D eigenvalue weighted by Crippen LogP contribution is 2.44. The van der Waals surface area contributed by atoms with E-state index in [2.05, 4.69) is 11.8 Å². The van der Waals surface area contributed by atoms with Gasteiger partial charge in [0.15, 0.2) is 5.13 Å². The first kappa shape index (κ1) is 13.4. The minimum absolute atomic E-state index is 0.658. The Morgan fingerprint density at radius 2 is 1.95 bits per heavy atom. The van der Waals surface area contributed by atoms with Crippen LogP contribution >= 0.6 is 11.3 Å². The molecule has 3 rings (SSSR count). The van der Waals surface area contributed by atoms with Crippen LogP contribution in [0.1, 0.15) is 68.4 Å². The fourth-order valence-electron chi connectivity index (χ4n) is 3.24. The summed E-state index contributed by atoms with van der Waals surface area (Å²) in [5.41, 5.74) is 7.22. The van der Waals surface area contributed by atoms with Crippen molar-refractivity contribution in [1.82, 2.24) is 4.98 Å². The Balaban J connectivity index is 1.81. The van der Waals surface area contributed by atoms with E-state index in [0.717, 1.165) is 6.54 Å². The van der Waals surface area contributed by atoms with Crippen molar-refractivity contribution in [1.29, 1.82) is 0 Å². The number of nitrogens with zero attached hydrogens (tertiary/aromatic N) is 2. The van der Waals surface area contributed by atoms with Crippen molar-refractivity contribution in [3.8, 4) is 0 Å². The number of hydrogen-bond acceptors (Lipinski definition) is 4. The highest BCUT2D eigenvalue weighted by Gasteiger charge is 2.31. The molecule has 19 heavy (non-hydrogen) atoms. The van der Waals surface area contributed by atoms with E-state index in [1.807, 2.05) is 11.3 Å². The molecule has 0 saturated heterocycles. The molecule has 106 valence electrons. The van der Waals surface area contributed by atoms with Gasteiger partial charge in [-0.25, -0.2) is 4.98 Å². The molecule has 2 N–H and O–H groups in total. The van der Waals surface area contributed by atoms with Gasteiger partial charge in [0.2, 0.25) is 0 Å². The highest BCUT2D eigenvalue weighted by atomic mass is 32.1. The summed E-state index contributed by atoms with van der Waals surface area (Å²) >= 11 is 1.84. The SMILES string of the molecule is CCN(c1nc(C2CC2)c(CN)s1)C1CCCCC1. The van der Waals surface area contributed by atoms with Crippen LogP contribution in [0, 0.1) is 0 Å². The van der Waals surface area contributed by atoms with Gasteiger partial charge in [0.25, 0.3) is 0 Å². The summed E-state index contributed by atoms with van der Waals surface area (Å²) in [4.78, 5) is 8.82. The zero-order chi connectivity index (χ0) is 13.2. The maximum Gasteiger partial charge on any atom is 0.186 e. The van der Waals surface area contributed by atoms with Gasteiger partial charge in [-0.15, -0.1) is 11.3 Å². The van der Waals surface area contributed by atoms with Crippen LogP contribution in [0.5, 0.6) is 0 Å². The second kappa shape index (κ2) is 5.80. The maximum absolute atomic E-state index is 5.90. The number of anilines is 1. The Morgan fingerprint density at radius 1 is 1.21 bits per heavy atom. The topological polar surface area (TPSA) is 42.2 Å². The fourth-order valence-corrected chi connectivity index (χ4v) is 4.40. The Bertz CT molecular complexity index is 419. The largest absolute Gasteiger partial charge is 0.345 e. The van der Waals surface area contributed by atoms with Gasteiger partial charge in [-0.05, 0) is 32.6 Å². The zero-order valence-electron chi connectivity index (χ0n) is 11.9. The predicted octanol–water partition coefficient (Wildman–Crippen LogP) is 3.64. The van der Waals surface area contributed by atoms with E-state index >= 15 is 0 Å². The van der Waals surface area contributed by atoms with Crippen molar-refractivity contribution in [3.63, 3.8) is 0 Å². The monoisotopic (exact) mass is 279 g/mol. The number of hydrogen-bond donors (Lipinski definition) is 1. The molecular formula is C15H25N3S. The summed E-state index contributed by atoms with van der Waals surface area (Å²) in [6.07, 6.45) is 9.47. The third kappa shape index (κ3) is 2.79. The van der Waals surface area contributed by atoms with Gasteiger partial charge in [0.05, 0.1) is 5.69 Å². The Hall–Kier alpha value is -0.610. The molecule has 2 aliphatic carbocycles. The molecule has 0 aromatic carbocycles. The molecule has 0 bridgehead atoms. The van der Waals surface area contributed by atoms with Gasteiger partial charge in [0, 0.05) is 29.9 Å². The standard InChI is InChI=1S/C15H25N3S/c1-2-18(12-6-4-3-5-7-12)15-17-14(11-8-9-11)13(10-16)19-15/h11-12H,2-10,16H2,1H3. The van der Waals surface area contributed by atoms with Crippen molar-refractivity contribution >= 4 is 16.5 Å². The summed E-state index contributed by atoms with van der Waals surface area (Å²) < 4.78 is 0. The molecule has 0 spiro atoms. The Kier molecular flexibility index (Phi) is 4.08. The van der Waals surface area contributed by atoms with E-state index < -0.39 is 0 Å². The quantitative estimate of drug-likeness (QED) is 0.894. The van der Waals surface area contributed by atoms with Gasteiger partial charge in [-0.3, -0.25) is 0 Å². The summed E-state index contributed by atoms with van der Waals surface area (Å²) in [6.45, 7) is 3.99. The van der Waals surface area contributed by atoms with Crippen LogP contribution in [0.15, 0.2) is 0 Å². The van der Waals surface area contributed by atoms with E-state index in [1.165, 1.54) is 60.6 Å². The second-order valence-electron chi connectivity index (χ2n) is 5.86. The number of rotatable bonds is 5. The third-order valence-electron chi connectivity index (χ3n) is 4.47. The van der Waals surface area contributed by atoms with E-state index in [9.17, 15) is 0 Å². The lowest BCUT2D eigenvalue weighted by atomic mass is 9.94. The second-order valence-corrected chi connectivity index (χ2v) is 6.92. The molecular weight excluding hydrogens is 254 g/mol. The molecule has 0 radical (unpaired) electrons. The molecule has 2 fully saturated rings. The lowest BCUT2D eigenvalue weighted by Crippen LogP contribution is -2.36. The third-order valence-corrected chi connectivity index (χ3v) is 5.60. The molecule has 1 aromatic heterocycles. The van der Waals surface area contributed by atoms with E-state index in [0.29, 0.717) is 18.5 Å². The van der Waals surface area contributed by atoms with Gasteiger partial charge in [-0.2, -0.15) is 0 Å². The van der Waals surface area contributed by atoms with E-state index in [1.54, 1.807) is 0 Å². The molecule has 0 aliphatic heterocycles. The van der Waals surface area contributed by atoms with Crippen LogP contribution in [0.25, 0.3) is 0 Å². The summed E-state index contributed by atoms with van der Waals surface area (Å²) in [5.74, 6) is 0.716. The van der Waals surface area contributed by atoms with Crippen molar-refractivity contribution < 1.29 is 0 Å². The van der Waals surface area contributed by atoms with E-state index in [4.69, 9.17) is 10.7 Å². The van der Waals surface area contributed by atoms with Crippen LogP contribution in [-0.2, 0) is 6.54 Å². The molecule has 1 heterocycles. The van der Waals surface area contributed by atoms with Gasteiger partial charge in [-0.1, -0.05) is 19.3 Å². The fraction of sp³-hybridized carbons (Fsp3) is 0.800. The maximum atomic E-state index is 5.90. The average Bonchev–Trinajstić information content (AvgIpc) is 3.22. The highest BCUT2D eigenvalue weighted by molar-refractivity contribution is 7.15. The summed E-state index contributed by atoms with van der Waals surface area (Å²) in [5, 5.41) is 1.23. The lowest BCUT2D eigenvalue weighted by Gasteiger charge is -2.33. The minimum atomic E-state index is 0.658. The Morgan fingerprint density at radius 3 is 2.53 bits per heavy atom. The van der Waals surface area contributed by atoms with Crippen molar-refractivity contribution in [2.75, 3.05) is 11.4 Å². The molecule has 4 heteroatoms. The van der Waals surface area contributed by atoms with Crippen LogP contribution in [-0.4, -0.2) is 17.6 Å². The first-order valence-corrected chi connectivity index (χ1v) is 8.61. The Labute approximate surface area is 120 Å². The van der Waals surface area contributed by atoms with Crippen molar-refractivity contribution in [2.45, 2.75) is 70.4 Å². The molecule has 1 aromatic rings. The van der Waals surface area contributed by atoms with Crippen LogP contribution in [0.2, 0.25) is 0 Å². The first-order chi connectivity index (χ1) is 9.33. The minimum Gasteiger partial charge on any atom is -0.345 e.